The van der Waals surface area contributed by atoms with Crippen LogP contribution in [-0.2, 0) is 38.8 Å². The van der Waals surface area contributed by atoms with Crippen LogP contribution in [0.4, 0.5) is 11.4 Å². The van der Waals surface area contributed by atoms with Crippen LogP contribution < -0.4 is 30.0 Å². The van der Waals surface area contributed by atoms with Gasteiger partial charge >= 0.3 is 11.9 Å². The fourth-order valence-electron chi connectivity index (χ4n) is 7.25. The third kappa shape index (κ3) is 15.7. The molecule has 388 valence electrons. The number of nitrogens with one attached hydrogen (secondary N) is 1. The van der Waals surface area contributed by atoms with E-state index in [4.69, 9.17) is 24.7 Å². The number of methoxy groups -OCH3 is 2. The highest BCUT2D eigenvalue weighted by atomic mass is 32.2. The van der Waals surface area contributed by atoms with E-state index in [2.05, 4.69) is 10.1 Å². The van der Waals surface area contributed by atoms with Gasteiger partial charge in [-0.2, -0.15) is 27.0 Å². The summed E-state index contributed by atoms with van der Waals surface area (Å²) in [6.45, 7) is 7.94. The van der Waals surface area contributed by atoms with Gasteiger partial charge in [0.2, 0.25) is 5.91 Å². The maximum absolute atomic E-state index is 13.3. The topological polar surface area (TPSA) is 278 Å². The van der Waals surface area contributed by atoms with Crippen LogP contribution in [0.3, 0.4) is 0 Å². The van der Waals surface area contributed by atoms with Crippen molar-refractivity contribution >= 4 is 99.5 Å². The predicted molar refractivity (Wildman–Crippen MR) is 276 cm³/mol. The van der Waals surface area contributed by atoms with Crippen molar-refractivity contribution in [2.45, 2.75) is 54.1 Å². The zero-order valence-electron chi connectivity index (χ0n) is 39.7. The van der Waals surface area contributed by atoms with E-state index in [-0.39, 0.29) is 68.0 Å². The average Bonchev–Trinajstić information content (AvgIpc) is 3.65. The number of sulfone groups is 2. The lowest BCUT2D eigenvalue weighted by molar-refractivity contribution is -0.156. The number of anilines is 2. The van der Waals surface area contributed by atoms with Gasteiger partial charge in [-0.1, -0.05) is 31.7 Å². The summed E-state index contributed by atoms with van der Waals surface area (Å²) in [6.07, 6.45) is 2.09. The van der Waals surface area contributed by atoms with Gasteiger partial charge < -0.3 is 34.7 Å². The van der Waals surface area contributed by atoms with E-state index >= 15 is 0 Å². The highest BCUT2D eigenvalue weighted by Crippen LogP contribution is 2.40. The number of carbonyl (C=O) groups excluding carboxylic acids is 7. The van der Waals surface area contributed by atoms with Crippen LogP contribution in [-0.4, -0.2) is 120 Å². The Labute approximate surface area is 427 Å². The van der Waals surface area contributed by atoms with Crippen LogP contribution in [0, 0.1) is 0 Å². The Balaban J connectivity index is 0.000000605. The van der Waals surface area contributed by atoms with Crippen molar-refractivity contribution in [3.05, 3.63) is 106 Å². The van der Waals surface area contributed by atoms with Crippen LogP contribution in [0.5, 0.6) is 23.0 Å². The largest absolute Gasteiger partial charge is 0.493 e. The van der Waals surface area contributed by atoms with E-state index in [1.807, 2.05) is 0 Å². The number of hydrogen-bond donors (Lipinski definition) is 2. The standard InChI is InChI=1S/C22H24N2O7S.C20H22N2O6S.C4H6O3.CH4.2H2S/c1-5-31-19-11-14(9-10-18(19)30-3)17(12-32(4,28)29)24-21(26)15-7-6-8-16(23-13(2)25)20(15)22(24)27;1-4-28-17-10-12(8-9-16(17)27-2)15(11-29(3,25)26)22-19(23)13-6-5-7-14(21)18(13)20(22)24;1-3(5)7-4(2)6;;;/h6-11,17H,5,12H2,1-4H3,(H,23,25);5-10,15H,4,11,21H2,1-3H3;1-2H3;1H4;2*1H2/t17-;15-;;;;/m11..../s1. The highest BCUT2D eigenvalue weighted by molar-refractivity contribution is 7.90. The van der Waals surface area contributed by atoms with Crippen LogP contribution in [0.2, 0.25) is 0 Å². The number of nitrogens with two attached hydrogens (primary N) is 1. The minimum atomic E-state index is -3.60. The number of benzene rings is 4. The lowest BCUT2D eigenvalue weighted by Gasteiger charge is -2.27. The number of carbonyl (C=O) groups is 7. The van der Waals surface area contributed by atoms with Crippen molar-refractivity contribution in [2.24, 2.45) is 0 Å². The number of imide groups is 2. The molecule has 2 aliphatic rings. The molecule has 0 aliphatic carbocycles. The minimum absolute atomic E-state index is 0. The summed E-state index contributed by atoms with van der Waals surface area (Å²) < 4.78 is 74.4. The Kier molecular flexibility index (Phi) is 23.3. The van der Waals surface area contributed by atoms with Crippen molar-refractivity contribution in [1.29, 1.82) is 0 Å². The molecule has 20 nitrogen and oxygen atoms in total. The molecule has 0 unspecified atom stereocenters. The van der Waals surface area contributed by atoms with E-state index < -0.39 is 84.7 Å². The molecule has 3 N–H and O–H groups in total. The summed E-state index contributed by atoms with van der Waals surface area (Å²) in [4.78, 5) is 85.7. The Morgan fingerprint density at radius 1 is 0.606 bits per heavy atom. The number of nitrogen functional groups attached to an aromatic ring is 1. The van der Waals surface area contributed by atoms with Crippen LogP contribution in [0.15, 0.2) is 72.8 Å². The molecular formula is C47H60N4O16S4. The maximum Gasteiger partial charge on any atom is 0.310 e. The molecule has 4 aromatic carbocycles. The molecular weight excluding hydrogens is 1000 g/mol. The van der Waals surface area contributed by atoms with E-state index in [1.54, 1.807) is 62.4 Å². The molecule has 2 aliphatic heterocycles. The van der Waals surface area contributed by atoms with Gasteiger partial charge in [0.05, 0.1) is 79.0 Å². The van der Waals surface area contributed by atoms with E-state index in [1.165, 1.54) is 59.3 Å². The minimum Gasteiger partial charge on any atom is -0.493 e. The van der Waals surface area contributed by atoms with Crippen molar-refractivity contribution in [1.82, 2.24) is 9.80 Å². The number of ether oxygens (including phenoxy) is 5. The summed E-state index contributed by atoms with van der Waals surface area (Å²) in [6, 6.07) is 16.6. The second kappa shape index (κ2) is 26.5. The van der Waals surface area contributed by atoms with Gasteiger partial charge in [0.25, 0.3) is 23.6 Å². The number of hydrogen-bond acceptors (Lipinski definition) is 17. The lowest BCUT2D eigenvalue weighted by Crippen LogP contribution is -2.37. The zero-order valence-corrected chi connectivity index (χ0v) is 43.4. The highest BCUT2D eigenvalue weighted by Gasteiger charge is 2.45. The number of amides is 5. The number of fused-ring (bicyclic) bond motifs is 2. The molecule has 0 radical (unpaired) electrons. The van der Waals surface area contributed by atoms with Gasteiger partial charge in [-0.25, -0.2) is 16.8 Å². The zero-order chi connectivity index (χ0) is 50.8. The SMILES string of the molecule is C.CC(=O)OC(C)=O.CCOc1cc([C@@H](CS(C)(=O)=O)N2C(=O)c3cccc(N)c3C2=O)ccc1OC.CCOc1cc([C@@H](CS(C)(=O)=O)N2C(=O)c3cccc(NC(C)=O)c3C2=O)ccc1OC.S.S. The number of esters is 2. The Hall–Kier alpha value is -6.63. The summed E-state index contributed by atoms with van der Waals surface area (Å²) in [5, 5.41) is 2.55. The molecule has 0 spiro atoms. The fraction of sp³-hybridized carbons (Fsp3) is 0.340. The summed E-state index contributed by atoms with van der Waals surface area (Å²) >= 11 is 0. The van der Waals surface area contributed by atoms with Gasteiger partial charge in [-0.15, -0.1) is 0 Å². The van der Waals surface area contributed by atoms with Crippen molar-refractivity contribution in [2.75, 3.05) is 62.5 Å². The van der Waals surface area contributed by atoms with Crippen molar-refractivity contribution in [3.63, 3.8) is 0 Å². The predicted octanol–water partition coefficient (Wildman–Crippen LogP) is 5.45. The molecule has 2 atom stereocenters. The van der Waals surface area contributed by atoms with E-state index in [9.17, 15) is 50.4 Å². The van der Waals surface area contributed by atoms with E-state index in [0.717, 1.165) is 22.3 Å². The Morgan fingerprint density at radius 2 is 1.00 bits per heavy atom. The van der Waals surface area contributed by atoms with Gasteiger partial charge in [-0.05, 0) is 73.5 Å². The first-order chi connectivity index (χ1) is 31.9. The molecule has 0 aromatic heterocycles. The number of rotatable bonds is 15. The summed E-state index contributed by atoms with van der Waals surface area (Å²) in [5.74, 6) is -3.32. The molecule has 6 rings (SSSR count). The van der Waals surface area contributed by atoms with Crippen molar-refractivity contribution in [3.8, 4) is 23.0 Å². The van der Waals surface area contributed by atoms with Gasteiger partial charge in [0, 0.05) is 39.0 Å². The van der Waals surface area contributed by atoms with Gasteiger partial charge in [0.15, 0.2) is 23.0 Å². The molecule has 24 heteroatoms. The Bertz CT molecular complexity index is 2860. The second-order valence-corrected chi connectivity index (χ2v) is 19.5. The fourth-order valence-corrected chi connectivity index (χ4v) is 9.08. The van der Waals surface area contributed by atoms with Gasteiger partial charge in [-0.3, -0.25) is 43.4 Å². The number of nitrogens with zero attached hydrogens (tertiary/aromatic N) is 2. The molecule has 0 saturated heterocycles. The smallest absolute Gasteiger partial charge is 0.310 e. The summed E-state index contributed by atoms with van der Waals surface area (Å²) in [5.41, 5.74) is 7.48. The maximum atomic E-state index is 13.3. The monoisotopic (exact) mass is 1060 g/mol. The molecule has 0 saturated carbocycles. The first-order valence-electron chi connectivity index (χ1n) is 20.6. The first-order valence-corrected chi connectivity index (χ1v) is 24.7. The summed E-state index contributed by atoms with van der Waals surface area (Å²) in [7, 11) is -4.19. The van der Waals surface area contributed by atoms with Crippen LogP contribution in [0.1, 0.15) is 107 Å². The first kappa shape index (κ1) is 62.4. The van der Waals surface area contributed by atoms with Crippen molar-refractivity contribution < 1.29 is 74.1 Å². The van der Waals surface area contributed by atoms with E-state index in [0.29, 0.717) is 47.3 Å². The third-order valence-corrected chi connectivity index (χ3v) is 11.7. The van der Waals surface area contributed by atoms with Crippen LogP contribution in [0.25, 0.3) is 0 Å². The quantitative estimate of drug-likeness (QED) is 0.0648. The van der Waals surface area contributed by atoms with Gasteiger partial charge in [0.1, 0.15) is 19.7 Å². The molecule has 0 fully saturated rings. The Morgan fingerprint density at radius 3 is 1.34 bits per heavy atom. The lowest BCUT2D eigenvalue weighted by atomic mass is 10.1. The molecule has 71 heavy (non-hydrogen) atoms. The average molecular weight is 1070 g/mol. The molecule has 0 bridgehead atoms. The molecule has 5 amide bonds. The molecule has 2 heterocycles. The second-order valence-electron chi connectivity index (χ2n) is 15.1. The third-order valence-electron chi connectivity index (χ3n) is 9.81. The molecule has 4 aromatic rings. The normalized spacial score (nSPS) is 13.1. The van der Waals surface area contributed by atoms with Crippen LogP contribution >= 0.6 is 27.0 Å².